The zero-order chi connectivity index (χ0) is 13.1. The molecule has 1 unspecified atom stereocenters. The van der Waals surface area contributed by atoms with Gasteiger partial charge >= 0.3 is 0 Å². The van der Waals surface area contributed by atoms with Gasteiger partial charge in [-0.3, -0.25) is 9.69 Å². The van der Waals surface area contributed by atoms with Crippen molar-refractivity contribution >= 4 is 5.91 Å². The van der Waals surface area contributed by atoms with Crippen molar-refractivity contribution < 1.29 is 4.79 Å². The van der Waals surface area contributed by atoms with Crippen LogP contribution in [0.15, 0.2) is 12.5 Å². The molecule has 18 heavy (non-hydrogen) atoms. The lowest BCUT2D eigenvalue weighted by Gasteiger charge is -2.35. The number of carbonyl (C=O) groups excluding carboxylic acids is 1. The molecular weight excluding hydrogens is 230 g/mol. The number of amides is 1. The quantitative estimate of drug-likeness (QED) is 0.743. The molecule has 6 nitrogen and oxygen atoms in total. The van der Waals surface area contributed by atoms with Crippen molar-refractivity contribution in [1.82, 2.24) is 19.4 Å². The van der Waals surface area contributed by atoms with Crippen LogP contribution >= 0.6 is 0 Å². The Morgan fingerprint density at radius 2 is 2.11 bits per heavy atom. The van der Waals surface area contributed by atoms with Gasteiger partial charge in [0.2, 0.25) is 0 Å². The third kappa shape index (κ3) is 2.51. The molecule has 1 amide bonds. The number of aryl methyl sites for hydroxylation is 1. The maximum atomic E-state index is 12.1. The first-order valence-electron chi connectivity index (χ1n) is 6.02. The van der Waals surface area contributed by atoms with Crippen molar-refractivity contribution in [1.29, 1.82) is 5.26 Å². The summed E-state index contributed by atoms with van der Waals surface area (Å²) in [5, 5.41) is 8.86. The summed E-state index contributed by atoms with van der Waals surface area (Å²) in [6.45, 7) is 4.68. The Balaban J connectivity index is 1.94. The van der Waals surface area contributed by atoms with E-state index in [4.69, 9.17) is 5.26 Å². The minimum absolute atomic E-state index is 0.0279. The molecule has 1 atom stereocenters. The van der Waals surface area contributed by atoms with Gasteiger partial charge in [-0.2, -0.15) is 5.26 Å². The zero-order valence-electron chi connectivity index (χ0n) is 10.7. The molecule has 1 aromatic rings. The molecule has 0 spiro atoms. The van der Waals surface area contributed by atoms with Crippen molar-refractivity contribution in [3.8, 4) is 6.07 Å². The van der Waals surface area contributed by atoms with Gasteiger partial charge < -0.3 is 9.47 Å². The highest BCUT2D eigenvalue weighted by molar-refractivity contribution is 5.92. The summed E-state index contributed by atoms with van der Waals surface area (Å²) in [6, 6.07) is 2.13. The molecule has 0 aliphatic carbocycles. The Morgan fingerprint density at radius 1 is 1.44 bits per heavy atom. The van der Waals surface area contributed by atoms with E-state index in [0.29, 0.717) is 18.8 Å². The summed E-state index contributed by atoms with van der Waals surface area (Å²) in [5.41, 5.74) is 0.485. The van der Waals surface area contributed by atoms with Gasteiger partial charge in [-0.15, -0.1) is 0 Å². The van der Waals surface area contributed by atoms with E-state index in [2.05, 4.69) is 16.0 Å². The second-order valence-electron chi connectivity index (χ2n) is 4.56. The maximum Gasteiger partial charge on any atom is 0.274 e. The molecule has 0 radical (unpaired) electrons. The van der Waals surface area contributed by atoms with E-state index in [1.807, 2.05) is 14.0 Å². The van der Waals surface area contributed by atoms with Crippen molar-refractivity contribution in [2.75, 3.05) is 26.2 Å². The molecule has 0 saturated carbocycles. The lowest BCUT2D eigenvalue weighted by Crippen LogP contribution is -2.51. The van der Waals surface area contributed by atoms with Crippen LogP contribution in [-0.4, -0.2) is 57.5 Å². The van der Waals surface area contributed by atoms with Crippen LogP contribution in [0.2, 0.25) is 0 Å². The van der Waals surface area contributed by atoms with E-state index in [9.17, 15) is 4.79 Å². The highest BCUT2D eigenvalue weighted by Crippen LogP contribution is 2.09. The first kappa shape index (κ1) is 12.6. The summed E-state index contributed by atoms with van der Waals surface area (Å²) in [4.78, 5) is 20.1. The summed E-state index contributed by atoms with van der Waals surface area (Å²) < 4.78 is 1.77. The molecule has 1 fully saturated rings. The van der Waals surface area contributed by atoms with Gasteiger partial charge in [-0.25, -0.2) is 4.98 Å². The largest absolute Gasteiger partial charge is 0.340 e. The van der Waals surface area contributed by atoms with E-state index in [1.54, 1.807) is 22.0 Å². The van der Waals surface area contributed by atoms with Crippen LogP contribution in [0.5, 0.6) is 0 Å². The number of piperazine rings is 1. The summed E-state index contributed by atoms with van der Waals surface area (Å²) >= 11 is 0. The number of nitriles is 1. The lowest BCUT2D eigenvalue weighted by molar-refractivity contribution is 0.0610. The number of rotatable bonds is 2. The summed E-state index contributed by atoms with van der Waals surface area (Å²) in [6.07, 6.45) is 3.36. The Kier molecular flexibility index (Phi) is 3.63. The molecule has 6 heteroatoms. The van der Waals surface area contributed by atoms with Crippen LogP contribution in [0.4, 0.5) is 0 Å². The van der Waals surface area contributed by atoms with Crippen molar-refractivity contribution in [2.45, 2.75) is 13.0 Å². The van der Waals surface area contributed by atoms with E-state index in [-0.39, 0.29) is 11.9 Å². The smallest absolute Gasteiger partial charge is 0.274 e. The van der Waals surface area contributed by atoms with Gasteiger partial charge in [0, 0.05) is 39.4 Å². The van der Waals surface area contributed by atoms with Crippen molar-refractivity contribution in [3.63, 3.8) is 0 Å². The van der Waals surface area contributed by atoms with Gasteiger partial charge in [-0.1, -0.05) is 0 Å². The Hall–Kier alpha value is -1.87. The second-order valence-corrected chi connectivity index (χ2v) is 4.56. The van der Waals surface area contributed by atoms with Gasteiger partial charge in [0.05, 0.1) is 18.4 Å². The highest BCUT2D eigenvalue weighted by atomic mass is 16.2. The first-order chi connectivity index (χ1) is 8.61. The molecule has 0 bridgehead atoms. The van der Waals surface area contributed by atoms with E-state index in [1.165, 1.54) is 0 Å². The van der Waals surface area contributed by atoms with E-state index >= 15 is 0 Å². The number of hydrogen-bond donors (Lipinski definition) is 0. The highest BCUT2D eigenvalue weighted by Gasteiger charge is 2.25. The topological polar surface area (TPSA) is 65.2 Å². The Bertz CT molecular complexity index is 467. The predicted octanol–water partition coefficient (Wildman–Crippen LogP) is 0.0900. The maximum absolute atomic E-state index is 12.1. The fourth-order valence-electron chi connectivity index (χ4n) is 2.08. The fourth-order valence-corrected chi connectivity index (χ4v) is 2.08. The average molecular weight is 247 g/mol. The fraction of sp³-hybridized carbons (Fsp3) is 0.583. The third-order valence-electron chi connectivity index (χ3n) is 3.26. The molecule has 2 heterocycles. The first-order valence-corrected chi connectivity index (χ1v) is 6.02. The van der Waals surface area contributed by atoms with Gasteiger partial charge in [0.1, 0.15) is 5.69 Å². The SMILES string of the molecule is CC(C#N)N1CCN(C(=O)c2cn(C)cn2)CC1. The Labute approximate surface area is 106 Å². The molecule has 96 valence electrons. The molecular formula is C12H17N5O. The predicted molar refractivity (Wildman–Crippen MR) is 65.8 cm³/mol. The van der Waals surface area contributed by atoms with E-state index in [0.717, 1.165) is 13.1 Å². The standard InChI is InChI=1S/C12H17N5O/c1-10(7-13)16-3-5-17(6-4-16)12(18)11-8-15(2)9-14-11/h8-10H,3-6H2,1-2H3. The van der Waals surface area contributed by atoms with Crippen LogP contribution in [0, 0.1) is 11.3 Å². The number of aromatic nitrogens is 2. The zero-order valence-corrected chi connectivity index (χ0v) is 10.7. The lowest BCUT2D eigenvalue weighted by atomic mass is 10.2. The van der Waals surface area contributed by atoms with Crippen LogP contribution in [0.1, 0.15) is 17.4 Å². The summed E-state index contributed by atoms with van der Waals surface area (Å²) in [7, 11) is 1.84. The third-order valence-corrected chi connectivity index (χ3v) is 3.26. The van der Waals surface area contributed by atoms with Crippen LogP contribution < -0.4 is 0 Å². The van der Waals surface area contributed by atoms with Gasteiger partial charge in [0.15, 0.2) is 0 Å². The number of hydrogen-bond acceptors (Lipinski definition) is 4. The molecule has 2 rings (SSSR count). The number of nitrogens with zero attached hydrogens (tertiary/aromatic N) is 5. The average Bonchev–Trinajstić information content (AvgIpc) is 2.84. The van der Waals surface area contributed by atoms with Crippen molar-refractivity contribution in [2.24, 2.45) is 7.05 Å². The minimum Gasteiger partial charge on any atom is -0.340 e. The molecule has 1 aliphatic rings. The van der Waals surface area contributed by atoms with Gasteiger partial charge in [-0.05, 0) is 6.92 Å². The summed E-state index contributed by atoms with van der Waals surface area (Å²) in [5.74, 6) is -0.0279. The number of imidazole rings is 1. The number of carbonyl (C=O) groups is 1. The molecule has 1 aromatic heterocycles. The van der Waals surface area contributed by atoms with Crippen LogP contribution in [-0.2, 0) is 7.05 Å². The van der Waals surface area contributed by atoms with Crippen molar-refractivity contribution in [3.05, 3.63) is 18.2 Å². The molecule has 0 aromatic carbocycles. The Morgan fingerprint density at radius 3 is 2.61 bits per heavy atom. The minimum atomic E-state index is -0.0860. The molecule has 1 saturated heterocycles. The van der Waals surface area contributed by atoms with E-state index < -0.39 is 0 Å². The monoisotopic (exact) mass is 247 g/mol. The van der Waals surface area contributed by atoms with Crippen LogP contribution in [0.3, 0.4) is 0 Å². The van der Waals surface area contributed by atoms with Gasteiger partial charge in [0.25, 0.3) is 5.91 Å². The second kappa shape index (κ2) is 5.19. The molecule has 1 aliphatic heterocycles. The van der Waals surface area contributed by atoms with Crippen LogP contribution in [0.25, 0.3) is 0 Å². The normalized spacial score (nSPS) is 18.4. The molecule has 0 N–H and O–H groups in total.